The molecule has 3 N–H and O–H groups in total. The van der Waals surface area contributed by atoms with Gasteiger partial charge in [0.15, 0.2) is 11.5 Å². The summed E-state index contributed by atoms with van der Waals surface area (Å²) >= 11 is 0. The van der Waals surface area contributed by atoms with Crippen molar-refractivity contribution in [1.29, 1.82) is 0 Å². The number of imidazole rings is 1. The highest BCUT2D eigenvalue weighted by Crippen LogP contribution is 2.45. The highest BCUT2D eigenvalue weighted by atomic mass is 31.2. The topological polar surface area (TPSA) is 125 Å². The molecule has 0 aliphatic heterocycles. The number of hydrogen-bond acceptors (Lipinski definition) is 7. The average molecular weight is 369 g/mol. The smallest absolute Gasteiger partial charge is 0.353 e. The van der Waals surface area contributed by atoms with Crippen molar-refractivity contribution < 1.29 is 18.7 Å². The van der Waals surface area contributed by atoms with Gasteiger partial charge in [0.1, 0.15) is 18.2 Å². The molecule has 10 heteroatoms. The minimum atomic E-state index is -3.77. The van der Waals surface area contributed by atoms with Gasteiger partial charge in [-0.1, -0.05) is 12.8 Å². The zero-order chi connectivity index (χ0) is 18.0. The van der Waals surface area contributed by atoms with Crippen LogP contribution in [-0.4, -0.2) is 43.0 Å². The molecule has 1 unspecified atom stereocenters. The summed E-state index contributed by atoms with van der Waals surface area (Å²) in [6.45, 7) is 3.43. The molecule has 3 atom stereocenters. The van der Waals surface area contributed by atoms with Gasteiger partial charge in [0.25, 0.3) is 0 Å². The summed E-state index contributed by atoms with van der Waals surface area (Å²) in [5.41, 5.74) is 7.06. The van der Waals surface area contributed by atoms with Crippen LogP contribution in [0.1, 0.15) is 45.6 Å². The Bertz CT molecular complexity index is 780. The maximum atomic E-state index is 12.1. The molecule has 0 amide bonds. The second kappa shape index (κ2) is 7.37. The van der Waals surface area contributed by atoms with E-state index in [0.717, 1.165) is 25.7 Å². The summed E-state index contributed by atoms with van der Waals surface area (Å²) in [5, 5.41) is 0. The van der Waals surface area contributed by atoms with Crippen LogP contribution in [0.2, 0.25) is 0 Å². The fraction of sp³-hybridized carbons (Fsp3) is 0.667. The molecule has 1 fully saturated rings. The Kier molecular flexibility index (Phi) is 5.38. The van der Waals surface area contributed by atoms with E-state index >= 15 is 0 Å². The van der Waals surface area contributed by atoms with E-state index in [4.69, 9.17) is 15.0 Å². The molecule has 1 aliphatic carbocycles. The third-order valence-corrected chi connectivity index (χ3v) is 5.47. The molecule has 0 spiro atoms. The van der Waals surface area contributed by atoms with Gasteiger partial charge in [0, 0.05) is 0 Å². The van der Waals surface area contributed by atoms with Gasteiger partial charge in [-0.15, -0.1) is 0 Å². The van der Waals surface area contributed by atoms with Crippen LogP contribution in [0, 0.1) is 0 Å². The van der Waals surface area contributed by atoms with Crippen molar-refractivity contribution in [2.75, 3.05) is 12.1 Å². The molecule has 25 heavy (non-hydrogen) atoms. The Morgan fingerprint density at radius 2 is 2.12 bits per heavy atom. The number of ether oxygens (including phenoxy) is 1. The molecule has 0 saturated heterocycles. The van der Waals surface area contributed by atoms with Crippen LogP contribution >= 0.6 is 7.60 Å². The minimum absolute atomic E-state index is 0.0212. The predicted octanol–water partition coefficient (Wildman–Crippen LogP) is 2.48. The van der Waals surface area contributed by atoms with E-state index in [1.165, 1.54) is 6.33 Å². The summed E-state index contributed by atoms with van der Waals surface area (Å²) in [4.78, 5) is 22.4. The lowest BCUT2D eigenvalue weighted by molar-refractivity contribution is 0.00846. The number of fused-ring (bicyclic) bond motifs is 1. The number of anilines is 1. The van der Waals surface area contributed by atoms with Crippen LogP contribution in [0.5, 0.6) is 0 Å². The highest BCUT2D eigenvalue weighted by Gasteiger charge is 2.32. The Hall–Kier alpha value is -1.54. The monoisotopic (exact) mass is 369 g/mol. The lowest BCUT2D eigenvalue weighted by atomic mass is 9.92. The Morgan fingerprint density at radius 3 is 2.88 bits per heavy atom. The lowest BCUT2D eigenvalue weighted by Crippen LogP contribution is -2.30. The van der Waals surface area contributed by atoms with E-state index in [1.807, 2.05) is 4.57 Å². The Morgan fingerprint density at radius 1 is 1.36 bits per heavy atom. The summed E-state index contributed by atoms with van der Waals surface area (Å²) in [5.74, 6) is 0.335. The molecule has 1 aliphatic rings. The van der Waals surface area contributed by atoms with Crippen LogP contribution in [0.15, 0.2) is 12.7 Å². The molecule has 3 rings (SSSR count). The largest absolute Gasteiger partial charge is 0.382 e. The minimum Gasteiger partial charge on any atom is -0.382 e. The van der Waals surface area contributed by atoms with Crippen LogP contribution in [0.3, 0.4) is 0 Å². The van der Waals surface area contributed by atoms with E-state index in [-0.39, 0.29) is 24.6 Å². The van der Waals surface area contributed by atoms with Crippen molar-refractivity contribution in [2.45, 2.75) is 57.8 Å². The van der Waals surface area contributed by atoms with Gasteiger partial charge >= 0.3 is 7.60 Å². The number of nitrogens with zero attached hydrogens (tertiary/aromatic N) is 4. The molecule has 1 saturated carbocycles. The summed E-state index contributed by atoms with van der Waals surface area (Å²) in [6.07, 6.45) is 5.95. The van der Waals surface area contributed by atoms with Gasteiger partial charge < -0.3 is 24.5 Å². The van der Waals surface area contributed by atoms with Crippen LogP contribution in [-0.2, 0) is 13.8 Å². The van der Waals surface area contributed by atoms with Gasteiger partial charge in [-0.05, 0) is 26.7 Å². The maximum Gasteiger partial charge on any atom is 0.353 e. The number of nitrogen functional groups attached to an aromatic ring is 1. The molecule has 0 aromatic carbocycles. The maximum absolute atomic E-state index is 12.1. The molecule has 2 aromatic rings. The second-order valence-corrected chi connectivity index (χ2v) is 8.30. The molecule has 9 nitrogen and oxygen atoms in total. The van der Waals surface area contributed by atoms with E-state index in [9.17, 15) is 9.46 Å². The SMILES string of the molecule is CC(C)OP(=O)(O)CO[C@@H]1CCCC[C@H]1n1cnc2c(N)ncnc21. The molecule has 0 bridgehead atoms. The van der Waals surface area contributed by atoms with Crippen molar-refractivity contribution >= 4 is 24.6 Å². The first-order valence-corrected chi connectivity index (χ1v) is 10.2. The van der Waals surface area contributed by atoms with Crippen molar-refractivity contribution in [3.05, 3.63) is 12.7 Å². The summed E-state index contributed by atoms with van der Waals surface area (Å²) in [7, 11) is -3.77. The third-order valence-electron chi connectivity index (χ3n) is 4.24. The predicted molar refractivity (Wildman–Crippen MR) is 93.0 cm³/mol. The number of hydrogen-bond donors (Lipinski definition) is 2. The quantitative estimate of drug-likeness (QED) is 0.744. The Labute approximate surface area is 146 Å². The average Bonchev–Trinajstić information content (AvgIpc) is 2.97. The van der Waals surface area contributed by atoms with Crippen molar-refractivity contribution in [2.24, 2.45) is 0 Å². The number of rotatable bonds is 6. The lowest BCUT2D eigenvalue weighted by Gasteiger charge is -2.33. The number of nitrogens with two attached hydrogens (primary N) is 1. The molecule has 138 valence electrons. The first kappa shape index (κ1) is 18.3. The van der Waals surface area contributed by atoms with Gasteiger partial charge in [-0.2, -0.15) is 0 Å². The standard InChI is InChI=1S/C15H24N5O4P/c1-10(2)24-25(21,22)9-23-12-6-4-3-5-11(12)20-8-19-13-14(16)17-7-18-15(13)20/h7-8,10-12H,3-6,9H2,1-2H3,(H,21,22)(H2,16,17,18)/t11-,12-/m1/s1. The molecule has 2 aromatic heterocycles. The third kappa shape index (κ3) is 4.17. The van der Waals surface area contributed by atoms with Crippen molar-refractivity contribution in [1.82, 2.24) is 19.5 Å². The van der Waals surface area contributed by atoms with Crippen LogP contribution in [0.4, 0.5) is 5.82 Å². The number of aromatic nitrogens is 4. The van der Waals surface area contributed by atoms with E-state index in [2.05, 4.69) is 15.0 Å². The fourth-order valence-electron chi connectivity index (χ4n) is 3.25. The van der Waals surface area contributed by atoms with E-state index in [0.29, 0.717) is 17.0 Å². The normalized spacial score (nSPS) is 23.8. The van der Waals surface area contributed by atoms with Crippen molar-refractivity contribution in [3.63, 3.8) is 0 Å². The molecule has 2 heterocycles. The van der Waals surface area contributed by atoms with E-state index in [1.54, 1.807) is 20.2 Å². The van der Waals surface area contributed by atoms with Crippen LogP contribution < -0.4 is 5.73 Å². The summed E-state index contributed by atoms with van der Waals surface area (Å²) < 4.78 is 24.9. The second-order valence-electron chi connectivity index (χ2n) is 6.56. The van der Waals surface area contributed by atoms with Crippen LogP contribution in [0.25, 0.3) is 11.2 Å². The van der Waals surface area contributed by atoms with Gasteiger partial charge in [-0.3, -0.25) is 4.57 Å². The molecular formula is C15H24N5O4P. The fourth-order valence-corrected chi connectivity index (χ4v) is 4.35. The Balaban J connectivity index is 1.79. The van der Waals surface area contributed by atoms with Gasteiger partial charge in [-0.25, -0.2) is 15.0 Å². The van der Waals surface area contributed by atoms with Crippen molar-refractivity contribution in [3.8, 4) is 0 Å². The molecule has 0 radical (unpaired) electrons. The summed E-state index contributed by atoms with van der Waals surface area (Å²) in [6, 6.07) is -0.0212. The highest BCUT2D eigenvalue weighted by molar-refractivity contribution is 7.52. The zero-order valence-electron chi connectivity index (χ0n) is 14.4. The van der Waals surface area contributed by atoms with E-state index < -0.39 is 7.60 Å². The first-order chi connectivity index (χ1) is 11.9. The first-order valence-electron chi connectivity index (χ1n) is 8.42. The molecular weight excluding hydrogens is 345 g/mol. The zero-order valence-corrected chi connectivity index (χ0v) is 15.3. The van der Waals surface area contributed by atoms with Gasteiger partial charge in [0.2, 0.25) is 0 Å². The van der Waals surface area contributed by atoms with Gasteiger partial charge in [0.05, 0.1) is 24.6 Å².